The van der Waals surface area contributed by atoms with Gasteiger partial charge in [-0.15, -0.1) is 11.6 Å². The summed E-state index contributed by atoms with van der Waals surface area (Å²) in [4.78, 5) is 39.7. The second kappa shape index (κ2) is 10.0. The van der Waals surface area contributed by atoms with Crippen LogP contribution in [0.3, 0.4) is 0 Å². The van der Waals surface area contributed by atoms with Gasteiger partial charge in [-0.2, -0.15) is 0 Å². The molecule has 3 heterocycles. The minimum Gasteiger partial charge on any atom is -0.442 e. The normalized spacial score (nSPS) is 19.2. The molecule has 2 aliphatic rings. The molecule has 4 rings (SSSR count). The summed E-state index contributed by atoms with van der Waals surface area (Å²) in [5.74, 6) is -0.817. The minimum atomic E-state index is -0.694. The van der Waals surface area contributed by atoms with E-state index in [1.54, 1.807) is 25.1 Å². The molecule has 2 fully saturated rings. The van der Waals surface area contributed by atoms with Gasteiger partial charge in [0.25, 0.3) is 0 Å². The van der Waals surface area contributed by atoms with Crippen LogP contribution < -0.4 is 20.0 Å². The number of amides is 2. The summed E-state index contributed by atoms with van der Waals surface area (Å²) in [6.07, 6.45) is -1.17. The molecule has 34 heavy (non-hydrogen) atoms. The van der Waals surface area contributed by atoms with Crippen LogP contribution in [0.2, 0.25) is 0 Å². The van der Waals surface area contributed by atoms with E-state index in [9.17, 15) is 24.1 Å². The number of cyclic esters (lactones) is 1. The van der Waals surface area contributed by atoms with Crippen LogP contribution in [0, 0.1) is 15.9 Å². The van der Waals surface area contributed by atoms with Gasteiger partial charge >= 0.3 is 11.1 Å². The maximum absolute atomic E-state index is 15.0. The van der Waals surface area contributed by atoms with E-state index < -0.39 is 28.3 Å². The number of nitro groups is 1. The maximum Gasteiger partial charge on any atom is 0.414 e. The van der Waals surface area contributed by atoms with E-state index in [4.69, 9.17) is 16.3 Å². The fourth-order valence-corrected chi connectivity index (χ4v) is 4.82. The lowest BCUT2D eigenvalue weighted by Gasteiger charge is -2.36. The smallest absolute Gasteiger partial charge is 0.414 e. The molecule has 2 amide bonds. The van der Waals surface area contributed by atoms with Crippen LogP contribution in [0.25, 0.3) is 0 Å². The Bertz CT molecular complexity index is 1090. The molecule has 0 aliphatic carbocycles. The Morgan fingerprint density at radius 1 is 1.29 bits per heavy atom. The molecular weight excluding hydrogens is 489 g/mol. The Morgan fingerprint density at radius 3 is 2.62 bits per heavy atom. The number of carbonyl (C=O) groups excluding carboxylic acids is 2. The Hall–Kier alpha value is -3.12. The Labute approximate surface area is 204 Å². The van der Waals surface area contributed by atoms with Crippen molar-refractivity contribution in [1.29, 1.82) is 0 Å². The summed E-state index contributed by atoms with van der Waals surface area (Å²) in [5.41, 5.74) is 0.795. The number of thiophene rings is 1. The van der Waals surface area contributed by atoms with E-state index in [1.165, 1.54) is 17.0 Å². The predicted octanol–water partition coefficient (Wildman–Crippen LogP) is 3.19. The zero-order valence-corrected chi connectivity index (χ0v) is 19.9. The molecule has 2 aliphatic heterocycles. The third-order valence-corrected chi connectivity index (χ3v) is 6.97. The van der Waals surface area contributed by atoms with Gasteiger partial charge in [0.2, 0.25) is 5.91 Å². The average molecular weight is 512 g/mol. The highest BCUT2D eigenvalue weighted by atomic mass is 35.5. The lowest BCUT2D eigenvalue weighted by molar-refractivity contribution is -0.380. The van der Waals surface area contributed by atoms with E-state index in [0.717, 1.165) is 16.3 Å². The number of hydrogen-bond acceptors (Lipinski definition) is 8. The first-order chi connectivity index (χ1) is 16.2. The van der Waals surface area contributed by atoms with Gasteiger partial charge in [-0.25, -0.2) is 9.18 Å². The average Bonchev–Trinajstić information content (AvgIpc) is 3.45. The number of alkyl halides is 1. The van der Waals surface area contributed by atoms with Crippen LogP contribution in [0.1, 0.15) is 6.92 Å². The molecule has 1 aromatic carbocycles. The SMILES string of the molecule is CC(Cl)C(=O)NCC1CN(c2ccc(N3CCN(c4ccc([N+](=O)[O-])s4)CC3)c(F)c2)C(=O)O1. The van der Waals surface area contributed by atoms with Crippen LogP contribution in [0.15, 0.2) is 30.3 Å². The maximum atomic E-state index is 15.0. The monoisotopic (exact) mass is 511 g/mol. The zero-order valence-electron chi connectivity index (χ0n) is 18.3. The first-order valence-corrected chi connectivity index (χ1v) is 11.9. The Kier molecular flexibility index (Phi) is 7.08. The Balaban J connectivity index is 1.35. The summed E-state index contributed by atoms with van der Waals surface area (Å²) in [6.45, 7) is 4.15. The first kappa shape index (κ1) is 24.0. The number of hydrogen-bond donors (Lipinski definition) is 1. The fraction of sp³-hybridized carbons (Fsp3) is 0.429. The highest BCUT2D eigenvalue weighted by Crippen LogP contribution is 2.33. The lowest BCUT2D eigenvalue weighted by atomic mass is 10.2. The summed E-state index contributed by atoms with van der Waals surface area (Å²) in [7, 11) is 0. The number of nitrogens with zero attached hydrogens (tertiary/aromatic N) is 4. The molecule has 2 atom stereocenters. The standard InChI is InChI=1S/C21H23ClFN5O5S/c1-13(22)20(29)24-11-15-12-27(21(30)33-15)14-2-3-17(16(23)10-14)25-6-8-26(9-7-25)18-4-5-19(34-18)28(31)32/h2-5,10,13,15H,6-9,11-12H2,1H3,(H,24,29). The largest absolute Gasteiger partial charge is 0.442 e. The number of ether oxygens (including phenoxy) is 1. The second-order valence-corrected chi connectivity index (χ2v) is 9.65. The van der Waals surface area contributed by atoms with Crippen molar-refractivity contribution in [3.8, 4) is 0 Å². The van der Waals surface area contributed by atoms with Crippen LogP contribution in [0.4, 0.5) is 30.6 Å². The molecule has 10 nitrogen and oxygen atoms in total. The van der Waals surface area contributed by atoms with Crippen molar-refractivity contribution in [2.45, 2.75) is 18.4 Å². The third-order valence-electron chi connectivity index (χ3n) is 5.67. The number of benzene rings is 1. The number of nitrogens with one attached hydrogen (secondary N) is 1. The molecule has 0 saturated carbocycles. The summed E-state index contributed by atoms with van der Waals surface area (Å²) in [5, 5.41) is 13.7. The van der Waals surface area contributed by atoms with Crippen molar-refractivity contribution in [2.75, 3.05) is 54.0 Å². The van der Waals surface area contributed by atoms with Crippen molar-refractivity contribution in [1.82, 2.24) is 5.32 Å². The zero-order chi connectivity index (χ0) is 24.4. The quantitative estimate of drug-likeness (QED) is 0.345. The molecule has 182 valence electrons. The first-order valence-electron chi connectivity index (χ1n) is 10.7. The van der Waals surface area contributed by atoms with Gasteiger partial charge in [0.15, 0.2) is 0 Å². The van der Waals surface area contributed by atoms with Gasteiger partial charge in [0.05, 0.1) is 34.4 Å². The molecule has 2 unspecified atom stereocenters. The Morgan fingerprint density at radius 2 is 2.00 bits per heavy atom. The molecule has 1 aromatic heterocycles. The van der Waals surface area contributed by atoms with Crippen molar-refractivity contribution >= 4 is 56.3 Å². The minimum absolute atomic E-state index is 0.0951. The van der Waals surface area contributed by atoms with Crippen molar-refractivity contribution in [3.63, 3.8) is 0 Å². The third kappa shape index (κ3) is 5.17. The van der Waals surface area contributed by atoms with Gasteiger partial charge in [-0.1, -0.05) is 0 Å². The number of rotatable bonds is 7. The van der Waals surface area contributed by atoms with Crippen LogP contribution in [-0.2, 0) is 9.53 Å². The van der Waals surface area contributed by atoms with E-state index in [1.807, 2.05) is 9.80 Å². The summed E-state index contributed by atoms with van der Waals surface area (Å²) in [6, 6.07) is 7.82. The fourth-order valence-electron chi connectivity index (χ4n) is 3.87. The topological polar surface area (TPSA) is 108 Å². The molecule has 2 saturated heterocycles. The van der Waals surface area contributed by atoms with Crippen molar-refractivity contribution in [3.05, 3.63) is 46.3 Å². The van der Waals surface area contributed by atoms with Gasteiger partial charge < -0.3 is 19.9 Å². The molecule has 0 radical (unpaired) electrons. The van der Waals surface area contributed by atoms with Gasteiger partial charge in [0.1, 0.15) is 17.3 Å². The number of halogens is 2. The highest BCUT2D eigenvalue weighted by molar-refractivity contribution is 7.19. The van der Waals surface area contributed by atoms with Crippen molar-refractivity contribution < 1.29 is 23.6 Å². The summed E-state index contributed by atoms with van der Waals surface area (Å²) >= 11 is 6.84. The van der Waals surface area contributed by atoms with Gasteiger partial charge in [-0.05, 0) is 42.5 Å². The van der Waals surface area contributed by atoms with Crippen LogP contribution in [0.5, 0.6) is 0 Å². The van der Waals surface area contributed by atoms with Gasteiger partial charge in [-0.3, -0.25) is 19.8 Å². The highest BCUT2D eigenvalue weighted by Gasteiger charge is 2.33. The molecule has 0 bridgehead atoms. The molecular formula is C21H23ClFN5O5S. The van der Waals surface area contributed by atoms with Crippen molar-refractivity contribution in [2.24, 2.45) is 0 Å². The predicted molar refractivity (Wildman–Crippen MR) is 128 cm³/mol. The molecule has 0 spiro atoms. The van der Waals surface area contributed by atoms with Crippen LogP contribution in [-0.4, -0.2) is 67.7 Å². The summed E-state index contributed by atoms with van der Waals surface area (Å²) < 4.78 is 20.3. The second-order valence-electron chi connectivity index (χ2n) is 7.96. The number of anilines is 3. The van der Waals surface area contributed by atoms with E-state index in [-0.39, 0.29) is 24.0 Å². The van der Waals surface area contributed by atoms with Gasteiger partial charge in [0, 0.05) is 32.2 Å². The lowest BCUT2D eigenvalue weighted by Crippen LogP contribution is -2.46. The number of piperazine rings is 1. The van der Waals surface area contributed by atoms with E-state index >= 15 is 0 Å². The van der Waals surface area contributed by atoms with E-state index in [2.05, 4.69) is 5.32 Å². The molecule has 2 aromatic rings. The number of carbonyl (C=O) groups is 2. The van der Waals surface area contributed by atoms with Crippen LogP contribution >= 0.6 is 22.9 Å². The van der Waals surface area contributed by atoms with E-state index in [0.29, 0.717) is 37.6 Å². The molecule has 1 N–H and O–H groups in total. The molecule has 13 heteroatoms.